The fourth-order valence-corrected chi connectivity index (χ4v) is 3.87. The molecule has 0 radical (unpaired) electrons. The van der Waals surface area contributed by atoms with Gasteiger partial charge in [-0.2, -0.15) is 10.1 Å². The number of fused-ring (bicyclic) bond motifs is 1. The van der Waals surface area contributed by atoms with E-state index in [-0.39, 0.29) is 11.9 Å². The maximum Gasteiger partial charge on any atom is 0.297 e. The number of methoxy groups -OCH3 is 2. The zero-order valence-electron chi connectivity index (χ0n) is 15.8. The fourth-order valence-electron chi connectivity index (χ4n) is 2.83. The molecule has 142 valence electrons. The van der Waals surface area contributed by atoms with Gasteiger partial charge in [-0.25, -0.2) is 0 Å². The zero-order valence-corrected chi connectivity index (χ0v) is 16.6. The van der Waals surface area contributed by atoms with Crippen LogP contribution in [0.5, 0.6) is 11.5 Å². The van der Waals surface area contributed by atoms with Crippen molar-refractivity contribution in [2.45, 2.75) is 26.4 Å². The molecule has 2 aromatic heterocycles. The summed E-state index contributed by atoms with van der Waals surface area (Å²) in [5, 5.41) is 4.21. The van der Waals surface area contributed by atoms with Gasteiger partial charge in [-0.15, -0.1) is 6.58 Å². The number of thiazole rings is 1. The van der Waals surface area contributed by atoms with Crippen molar-refractivity contribution in [2.75, 3.05) is 14.2 Å². The summed E-state index contributed by atoms with van der Waals surface area (Å²) in [5.74, 6) is 0.925. The number of allylic oxidation sites excluding steroid dienone is 1. The summed E-state index contributed by atoms with van der Waals surface area (Å²) < 4.78 is 15.3. The molecule has 0 bridgehead atoms. The smallest absolute Gasteiger partial charge is 0.297 e. The van der Waals surface area contributed by atoms with Gasteiger partial charge in [-0.1, -0.05) is 17.4 Å². The summed E-state index contributed by atoms with van der Waals surface area (Å²) in [6, 6.07) is 5.53. The normalized spacial score (nSPS) is 12.0. The SMILES string of the molecule is C=CCn1c(=NC(=O)c2ccnn2C(C)C)sc2cc(OC)c(OC)cc21. The summed E-state index contributed by atoms with van der Waals surface area (Å²) in [7, 11) is 3.19. The van der Waals surface area contributed by atoms with Crippen LogP contribution in [0.3, 0.4) is 0 Å². The largest absolute Gasteiger partial charge is 0.493 e. The summed E-state index contributed by atoms with van der Waals surface area (Å²) in [6.07, 6.45) is 3.38. The lowest BCUT2D eigenvalue weighted by molar-refractivity contribution is 0.0986. The topological polar surface area (TPSA) is 70.6 Å². The van der Waals surface area contributed by atoms with Gasteiger partial charge in [0.2, 0.25) is 0 Å². The molecule has 1 aromatic carbocycles. The van der Waals surface area contributed by atoms with Crippen molar-refractivity contribution in [3.63, 3.8) is 0 Å². The monoisotopic (exact) mass is 386 g/mol. The Morgan fingerprint density at radius 2 is 2.04 bits per heavy atom. The Morgan fingerprint density at radius 1 is 1.33 bits per heavy atom. The van der Waals surface area contributed by atoms with Crippen LogP contribution in [0.4, 0.5) is 0 Å². The second-order valence-corrected chi connectivity index (χ2v) is 7.14. The van der Waals surface area contributed by atoms with E-state index in [4.69, 9.17) is 9.47 Å². The molecular formula is C19H22N4O3S. The number of nitrogens with zero attached hydrogens (tertiary/aromatic N) is 4. The number of hydrogen-bond donors (Lipinski definition) is 0. The molecule has 0 fully saturated rings. The molecular weight excluding hydrogens is 364 g/mol. The Morgan fingerprint density at radius 3 is 2.67 bits per heavy atom. The predicted molar refractivity (Wildman–Crippen MR) is 106 cm³/mol. The minimum absolute atomic E-state index is 0.0744. The highest BCUT2D eigenvalue weighted by Crippen LogP contribution is 2.33. The molecule has 1 amide bonds. The quantitative estimate of drug-likeness (QED) is 0.609. The van der Waals surface area contributed by atoms with Crippen LogP contribution in [0.1, 0.15) is 30.4 Å². The zero-order chi connectivity index (χ0) is 19.6. The molecule has 8 heteroatoms. The maximum atomic E-state index is 12.8. The Bertz CT molecular complexity index is 1060. The van der Waals surface area contributed by atoms with Crippen molar-refractivity contribution in [3.05, 3.63) is 47.5 Å². The molecule has 0 aliphatic heterocycles. The Kier molecular flexibility index (Phi) is 5.46. The van der Waals surface area contributed by atoms with E-state index >= 15 is 0 Å². The second-order valence-electron chi connectivity index (χ2n) is 6.13. The molecule has 3 rings (SSSR count). The summed E-state index contributed by atoms with van der Waals surface area (Å²) in [4.78, 5) is 17.7. The van der Waals surface area contributed by atoms with Gasteiger partial charge < -0.3 is 14.0 Å². The number of hydrogen-bond acceptors (Lipinski definition) is 5. The van der Waals surface area contributed by atoms with Crippen LogP contribution in [0, 0.1) is 0 Å². The predicted octanol–water partition coefficient (Wildman–Crippen LogP) is 3.42. The minimum atomic E-state index is -0.329. The van der Waals surface area contributed by atoms with E-state index in [2.05, 4.69) is 16.7 Å². The van der Waals surface area contributed by atoms with Crippen LogP contribution in [-0.2, 0) is 6.54 Å². The van der Waals surface area contributed by atoms with Crippen LogP contribution in [0.25, 0.3) is 10.2 Å². The first-order chi connectivity index (χ1) is 13.0. The molecule has 0 atom stereocenters. The van der Waals surface area contributed by atoms with Crippen LogP contribution in [0.2, 0.25) is 0 Å². The molecule has 0 N–H and O–H groups in total. The van der Waals surface area contributed by atoms with Gasteiger partial charge in [0.15, 0.2) is 16.3 Å². The molecule has 0 saturated heterocycles. The number of ether oxygens (including phenoxy) is 2. The molecule has 0 aliphatic rings. The lowest BCUT2D eigenvalue weighted by atomic mass is 10.3. The lowest BCUT2D eigenvalue weighted by Gasteiger charge is -2.08. The average Bonchev–Trinajstić information content (AvgIpc) is 3.26. The van der Waals surface area contributed by atoms with Gasteiger partial charge in [-0.05, 0) is 19.9 Å². The van der Waals surface area contributed by atoms with Crippen LogP contribution in [-0.4, -0.2) is 34.5 Å². The first-order valence-electron chi connectivity index (χ1n) is 8.49. The first kappa shape index (κ1) is 18.9. The van der Waals surface area contributed by atoms with E-state index in [1.165, 1.54) is 11.3 Å². The summed E-state index contributed by atoms with van der Waals surface area (Å²) in [6.45, 7) is 8.28. The fraction of sp³-hybridized carbons (Fsp3) is 0.316. The number of aromatic nitrogens is 3. The van der Waals surface area contributed by atoms with E-state index in [0.29, 0.717) is 28.5 Å². The van der Waals surface area contributed by atoms with Gasteiger partial charge >= 0.3 is 0 Å². The van der Waals surface area contributed by atoms with Gasteiger partial charge in [0.25, 0.3) is 5.91 Å². The summed E-state index contributed by atoms with van der Waals surface area (Å²) in [5.41, 5.74) is 1.37. The van der Waals surface area contributed by atoms with E-state index in [1.54, 1.807) is 37.2 Å². The van der Waals surface area contributed by atoms with Crippen LogP contribution in [0.15, 0.2) is 42.0 Å². The van der Waals surface area contributed by atoms with Crippen molar-refractivity contribution >= 4 is 27.5 Å². The minimum Gasteiger partial charge on any atom is -0.493 e. The van der Waals surface area contributed by atoms with Crippen molar-refractivity contribution < 1.29 is 14.3 Å². The third-order valence-electron chi connectivity index (χ3n) is 4.08. The molecule has 0 unspecified atom stereocenters. The maximum absolute atomic E-state index is 12.8. The highest BCUT2D eigenvalue weighted by atomic mass is 32.1. The molecule has 7 nitrogen and oxygen atoms in total. The van der Waals surface area contributed by atoms with Gasteiger partial charge in [0.05, 0.1) is 24.4 Å². The van der Waals surface area contributed by atoms with E-state index in [0.717, 1.165) is 10.2 Å². The number of carbonyl (C=O) groups is 1. The Hall–Kier alpha value is -2.87. The van der Waals surface area contributed by atoms with E-state index in [9.17, 15) is 4.79 Å². The van der Waals surface area contributed by atoms with Crippen LogP contribution < -0.4 is 14.3 Å². The third-order valence-corrected chi connectivity index (χ3v) is 5.12. The number of amides is 1. The van der Waals surface area contributed by atoms with Gasteiger partial charge in [0, 0.05) is 30.9 Å². The first-order valence-corrected chi connectivity index (χ1v) is 9.30. The van der Waals surface area contributed by atoms with E-state index in [1.807, 2.05) is 30.5 Å². The molecule has 0 aliphatic carbocycles. The highest BCUT2D eigenvalue weighted by Gasteiger charge is 2.16. The van der Waals surface area contributed by atoms with E-state index < -0.39 is 0 Å². The van der Waals surface area contributed by atoms with Gasteiger partial charge in [-0.3, -0.25) is 9.48 Å². The number of rotatable bonds is 6. The molecule has 0 saturated carbocycles. The highest BCUT2D eigenvalue weighted by molar-refractivity contribution is 7.16. The lowest BCUT2D eigenvalue weighted by Crippen LogP contribution is -2.18. The van der Waals surface area contributed by atoms with Crippen molar-refractivity contribution in [1.82, 2.24) is 14.3 Å². The van der Waals surface area contributed by atoms with Gasteiger partial charge in [0.1, 0.15) is 5.69 Å². The van der Waals surface area contributed by atoms with Crippen molar-refractivity contribution in [1.29, 1.82) is 0 Å². The molecule has 3 aromatic rings. The van der Waals surface area contributed by atoms with Crippen LogP contribution >= 0.6 is 11.3 Å². The molecule has 27 heavy (non-hydrogen) atoms. The third kappa shape index (κ3) is 3.52. The average molecular weight is 386 g/mol. The standard InChI is InChI=1S/C19H22N4O3S/c1-6-9-22-14-10-15(25-4)16(26-5)11-17(14)27-19(22)21-18(24)13-7-8-20-23(13)12(2)3/h6-8,10-12H,1,9H2,2-5H3. The molecule has 2 heterocycles. The second kappa shape index (κ2) is 7.79. The Labute approximate surface area is 161 Å². The number of carbonyl (C=O) groups excluding carboxylic acids is 1. The molecule has 0 spiro atoms. The van der Waals surface area contributed by atoms with Crippen molar-refractivity contribution in [2.24, 2.45) is 4.99 Å². The Balaban J connectivity index is 2.19. The van der Waals surface area contributed by atoms with Crippen molar-refractivity contribution in [3.8, 4) is 11.5 Å². The number of benzene rings is 1. The summed E-state index contributed by atoms with van der Waals surface area (Å²) >= 11 is 1.41.